The van der Waals surface area contributed by atoms with Crippen LogP contribution in [0.15, 0.2) is 91.0 Å². The van der Waals surface area contributed by atoms with E-state index in [2.05, 4.69) is 20.8 Å². The number of benzene rings is 3. The summed E-state index contributed by atoms with van der Waals surface area (Å²) in [5.74, 6) is -1.26. The number of fused-ring (bicyclic) bond motifs is 5. The van der Waals surface area contributed by atoms with Crippen molar-refractivity contribution in [1.29, 1.82) is 0 Å². The fourth-order valence-electron chi connectivity index (χ4n) is 12.5. The molecule has 0 bridgehead atoms. The number of hydrogen-bond acceptors (Lipinski definition) is 12. The minimum Gasteiger partial charge on any atom is -0.481 e. The number of carboxylic acid groups (broad SMARTS) is 1. The summed E-state index contributed by atoms with van der Waals surface area (Å²) >= 11 is 0. The Kier molecular flexibility index (Phi) is 17.1. The van der Waals surface area contributed by atoms with Crippen LogP contribution >= 0.6 is 7.60 Å². The molecule has 67 heavy (non-hydrogen) atoms. The van der Waals surface area contributed by atoms with Gasteiger partial charge in [0.25, 0.3) is 0 Å². The molecule has 364 valence electrons. The summed E-state index contributed by atoms with van der Waals surface area (Å²) in [4.78, 5) is 50.5. The maximum absolute atomic E-state index is 13.9. The van der Waals surface area contributed by atoms with Crippen LogP contribution in [0.2, 0.25) is 0 Å². The van der Waals surface area contributed by atoms with E-state index >= 15 is 0 Å². The summed E-state index contributed by atoms with van der Waals surface area (Å²) in [7, 11) is -3.96. The second-order valence-corrected chi connectivity index (χ2v) is 22.2. The molecular weight excluding hydrogens is 876 g/mol. The number of rotatable bonds is 21. The van der Waals surface area contributed by atoms with Crippen LogP contribution in [0.25, 0.3) is 0 Å². The van der Waals surface area contributed by atoms with E-state index in [1.165, 1.54) is 0 Å². The first-order chi connectivity index (χ1) is 32.2. The third-order valence-corrected chi connectivity index (χ3v) is 18.2. The molecule has 4 saturated carbocycles. The summed E-state index contributed by atoms with van der Waals surface area (Å²) in [6.45, 7) is 6.40. The van der Waals surface area contributed by atoms with Gasteiger partial charge in [-0.05, 0) is 127 Å². The van der Waals surface area contributed by atoms with Crippen molar-refractivity contribution in [2.45, 2.75) is 130 Å². The van der Waals surface area contributed by atoms with E-state index < -0.39 is 50.7 Å². The maximum atomic E-state index is 13.9. The molecule has 3 aromatic rings. The van der Waals surface area contributed by atoms with Gasteiger partial charge in [-0.25, -0.2) is 4.79 Å². The lowest BCUT2D eigenvalue weighted by Crippen LogP contribution is -2.59. The van der Waals surface area contributed by atoms with E-state index in [4.69, 9.17) is 28.0 Å². The molecule has 7 unspecified atom stereocenters. The van der Waals surface area contributed by atoms with Crippen LogP contribution in [0, 0.1) is 52.3 Å². The van der Waals surface area contributed by atoms with Crippen molar-refractivity contribution < 1.29 is 62.0 Å². The zero-order valence-corrected chi connectivity index (χ0v) is 40.1. The first-order valence-corrected chi connectivity index (χ1v) is 25.9. The van der Waals surface area contributed by atoms with Crippen LogP contribution in [0.4, 0.5) is 4.79 Å². The van der Waals surface area contributed by atoms with Crippen molar-refractivity contribution in [2.75, 3.05) is 13.0 Å². The van der Waals surface area contributed by atoms with E-state index in [-0.39, 0.29) is 61.5 Å². The lowest BCUT2D eigenvalue weighted by molar-refractivity contribution is -0.177. The molecule has 4 fully saturated rings. The average Bonchev–Trinajstić information content (AvgIpc) is 3.70. The van der Waals surface area contributed by atoms with Crippen molar-refractivity contribution >= 4 is 31.7 Å². The second kappa shape index (κ2) is 22.7. The predicted octanol–water partition coefficient (Wildman–Crippen LogP) is 10.9. The Morgan fingerprint density at radius 2 is 1.28 bits per heavy atom. The summed E-state index contributed by atoms with van der Waals surface area (Å²) in [5, 5.41) is 22.1. The van der Waals surface area contributed by atoms with Gasteiger partial charge < -0.3 is 38.2 Å². The monoisotopic (exact) mass is 944 g/mol. The molecule has 0 spiro atoms. The number of aliphatic carboxylic acids is 1. The minimum absolute atomic E-state index is 0.000323. The fraction of sp³-hybridized carbons (Fsp3) is 0.585. The van der Waals surface area contributed by atoms with Gasteiger partial charge in [0.2, 0.25) is 6.79 Å². The van der Waals surface area contributed by atoms with Gasteiger partial charge in [-0.1, -0.05) is 112 Å². The molecule has 2 N–H and O–H groups in total. The Morgan fingerprint density at radius 3 is 1.90 bits per heavy atom. The topological polar surface area (TPSA) is 181 Å². The Morgan fingerprint density at radius 1 is 0.701 bits per heavy atom. The van der Waals surface area contributed by atoms with Crippen LogP contribution in [0.5, 0.6) is 0 Å². The zero-order chi connectivity index (χ0) is 47.6. The van der Waals surface area contributed by atoms with Gasteiger partial charge >= 0.3 is 31.7 Å². The lowest BCUT2D eigenvalue weighted by atomic mass is 9.43. The summed E-state index contributed by atoms with van der Waals surface area (Å²) < 4.78 is 47.1. The molecule has 0 saturated heterocycles. The number of aliphatic hydroxyl groups excluding tert-OH is 1. The van der Waals surface area contributed by atoms with Gasteiger partial charge in [0.1, 0.15) is 12.7 Å². The van der Waals surface area contributed by atoms with Gasteiger partial charge in [-0.15, -0.1) is 0 Å². The number of carbonyl (C=O) groups excluding carboxylic acids is 3. The SMILES string of the molecule is CC(CCC(=O)OCc1ccccc1)C1CCC2C3CCC4C[C@H](OC(=O)OCOC(=O)CCC(CP(=O)(OCc5ccccc5)OCc5ccccc5)C(=O)O)CC[C@]4(C)C3C[C@H](O)[C@]12C. The van der Waals surface area contributed by atoms with Crippen LogP contribution in [-0.4, -0.2) is 59.4 Å². The molecule has 0 radical (unpaired) electrons. The highest BCUT2D eigenvalue weighted by molar-refractivity contribution is 7.53. The Labute approximate surface area is 395 Å². The first kappa shape index (κ1) is 50.3. The normalized spacial score (nSPS) is 28.7. The molecule has 0 heterocycles. The van der Waals surface area contributed by atoms with Crippen molar-refractivity contribution in [1.82, 2.24) is 0 Å². The van der Waals surface area contributed by atoms with E-state index in [1.807, 2.05) is 66.7 Å². The molecule has 4 aliphatic rings. The number of aliphatic hydroxyl groups is 1. The molecule has 11 atom stereocenters. The molecule has 0 aromatic heterocycles. The van der Waals surface area contributed by atoms with Crippen LogP contribution in [-0.2, 0) is 66.8 Å². The highest BCUT2D eigenvalue weighted by atomic mass is 31.2. The molecular formula is C53H69O13P. The minimum atomic E-state index is -3.96. The van der Waals surface area contributed by atoms with Gasteiger partial charge in [0, 0.05) is 12.8 Å². The van der Waals surface area contributed by atoms with Crippen molar-refractivity contribution in [3.63, 3.8) is 0 Å². The molecule has 7 rings (SSSR count). The van der Waals surface area contributed by atoms with Gasteiger partial charge in [-0.2, -0.15) is 0 Å². The second-order valence-electron chi connectivity index (χ2n) is 20.0. The summed E-state index contributed by atoms with van der Waals surface area (Å²) in [6, 6.07) is 27.8. The lowest BCUT2D eigenvalue weighted by Gasteiger charge is -2.62. The number of esters is 2. The standard InChI is InChI=1S/C53H69O13P/c1-36(19-25-48(55)61-31-37-13-7-4-8-14-37)44-23-24-45-43-22-21-41-29-42(27-28-52(41,2)46(43)30-47(54)53(44,45)3)66-51(59)63-35-62-49(56)26-20-40(50(57)58)34-67(60,64-32-38-15-9-5-10-16-38)65-33-39-17-11-6-12-18-39/h4-18,36,40-47,54H,19-35H2,1-3H3,(H,57,58)/t36?,40?,41?,42-,43?,44?,45?,46?,47+,52+,53-/m1/s1. The smallest absolute Gasteiger partial charge is 0.481 e. The highest BCUT2D eigenvalue weighted by Gasteiger charge is 2.64. The van der Waals surface area contributed by atoms with E-state index in [0.717, 1.165) is 61.6 Å². The van der Waals surface area contributed by atoms with Crippen molar-refractivity contribution in [3.8, 4) is 0 Å². The number of carbonyl (C=O) groups is 4. The third-order valence-electron chi connectivity index (χ3n) is 16.2. The number of ether oxygens (including phenoxy) is 4. The first-order valence-electron chi connectivity index (χ1n) is 24.2. The Balaban J connectivity index is 0.839. The molecule has 4 aliphatic carbocycles. The van der Waals surface area contributed by atoms with Crippen LogP contribution in [0.3, 0.4) is 0 Å². The zero-order valence-electron chi connectivity index (χ0n) is 39.2. The average molecular weight is 945 g/mol. The maximum Gasteiger partial charge on any atom is 0.511 e. The summed E-state index contributed by atoms with van der Waals surface area (Å²) in [5.41, 5.74) is 2.24. The van der Waals surface area contributed by atoms with E-state index in [0.29, 0.717) is 48.9 Å². The summed E-state index contributed by atoms with van der Waals surface area (Å²) in [6.07, 6.45) is 5.57. The van der Waals surface area contributed by atoms with E-state index in [9.17, 15) is 34.0 Å². The molecule has 14 heteroatoms. The van der Waals surface area contributed by atoms with Crippen LogP contribution < -0.4 is 0 Å². The Hall–Kier alpha value is -4.55. The predicted molar refractivity (Wildman–Crippen MR) is 249 cm³/mol. The third kappa shape index (κ3) is 12.6. The largest absolute Gasteiger partial charge is 0.511 e. The Bertz CT molecular complexity index is 2110. The van der Waals surface area contributed by atoms with Crippen molar-refractivity contribution in [2.24, 2.45) is 52.3 Å². The molecule has 0 aliphatic heterocycles. The number of hydrogen-bond donors (Lipinski definition) is 2. The van der Waals surface area contributed by atoms with E-state index in [1.54, 1.807) is 24.3 Å². The molecule has 3 aromatic carbocycles. The number of carboxylic acids is 1. The fourth-order valence-corrected chi connectivity index (χ4v) is 14.3. The van der Waals surface area contributed by atoms with Crippen molar-refractivity contribution in [3.05, 3.63) is 108 Å². The van der Waals surface area contributed by atoms with Gasteiger partial charge in [-0.3, -0.25) is 18.9 Å². The molecule has 0 amide bonds. The van der Waals surface area contributed by atoms with Gasteiger partial charge in [0.15, 0.2) is 0 Å². The molecule has 13 nitrogen and oxygen atoms in total. The van der Waals surface area contributed by atoms with Crippen LogP contribution in [0.1, 0.15) is 115 Å². The highest BCUT2D eigenvalue weighted by Crippen LogP contribution is 2.68. The quantitative estimate of drug-likeness (QED) is 0.0446. The van der Waals surface area contributed by atoms with Gasteiger partial charge in [0.05, 0.1) is 31.4 Å².